The Balaban J connectivity index is 1.93. The lowest BCUT2D eigenvalue weighted by Gasteiger charge is -2.14. The molecule has 3 aromatic carbocycles. The van der Waals surface area contributed by atoms with Crippen LogP contribution < -0.4 is 0 Å². The lowest BCUT2D eigenvalue weighted by Crippen LogP contribution is -1.99. The second-order valence-corrected chi connectivity index (χ2v) is 5.39. The van der Waals surface area contributed by atoms with Crippen LogP contribution >= 0.6 is 0 Å². The van der Waals surface area contributed by atoms with Crippen LogP contribution in [-0.2, 0) is 0 Å². The number of carbonyl (C=O) groups excluding carboxylic acids is 1. The van der Waals surface area contributed by atoms with Gasteiger partial charge in [0, 0.05) is 11.5 Å². The molecular weight excluding hydrogens is 256 g/mol. The Hall–Kier alpha value is -2.67. The van der Waals surface area contributed by atoms with Gasteiger partial charge in [-0.25, -0.2) is 0 Å². The van der Waals surface area contributed by atoms with Crippen molar-refractivity contribution in [1.29, 1.82) is 0 Å². The second-order valence-electron chi connectivity index (χ2n) is 5.39. The Morgan fingerprint density at radius 3 is 1.71 bits per heavy atom. The van der Waals surface area contributed by atoms with E-state index < -0.39 is 0 Å². The van der Waals surface area contributed by atoms with E-state index in [9.17, 15) is 4.79 Å². The van der Waals surface area contributed by atoms with Gasteiger partial charge in [-0.15, -0.1) is 0 Å². The van der Waals surface area contributed by atoms with Gasteiger partial charge >= 0.3 is 0 Å². The molecule has 0 atom stereocenters. The molecule has 0 saturated heterocycles. The Morgan fingerprint density at radius 1 is 0.667 bits per heavy atom. The minimum absolute atomic E-state index is 0.262. The molecular formula is C20H14O. The third kappa shape index (κ3) is 1.82. The molecule has 0 heterocycles. The molecule has 0 fully saturated rings. The fourth-order valence-electron chi connectivity index (χ4n) is 3.28. The van der Waals surface area contributed by atoms with Gasteiger partial charge in [-0.2, -0.15) is 0 Å². The minimum atomic E-state index is 0.262. The van der Waals surface area contributed by atoms with Crippen LogP contribution in [0.4, 0.5) is 0 Å². The average Bonchev–Trinajstić information content (AvgIpc) is 2.90. The van der Waals surface area contributed by atoms with E-state index in [1.807, 2.05) is 12.1 Å². The summed E-state index contributed by atoms with van der Waals surface area (Å²) in [7, 11) is 0. The number of rotatable bonds is 2. The van der Waals surface area contributed by atoms with Crippen LogP contribution in [0.3, 0.4) is 0 Å². The van der Waals surface area contributed by atoms with Crippen molar-refractivity contribution in [2.45, 2.75) is 5.92 Å². The lowest BCUT2D eigenvalue weighted by molar-refractivity contribution is 0.112. The van der Waals surface area contributed by atoms with Crippen molar-refractivity contribution in [3.8, 4) is 11.1 Å². The van der Waals surface area contributed by atoms with Crippen molar-refractivity contribution in [2.75, 3.05) is 0 Å². The van der Waals surface area contributed by atoms with Crippen LogP contribution in [0.25, 0.3) is 11.1 Å². The summed E-state index contributed by atoms with van der Waals surface area (Å²) in [6.45, 7) is 0. The number of hydrogen-bond donors (Lipinski definition) is 0. The van der Waals surface area contributed by atoms with E-state index in [4.69, 9.17) is 0 Å². The van der Waals surface area contributed by atoms with E-state index in [1.165, 1.54) is 27.8 Å². The second kappa shape index (κ2) is 4.71. The Kier molecular flexibility index (Phi) is 2.71. The number of benzene rings is 3. The van der Waals surface area contributed by atoms with Gasteiger partial charge in [0.15, 0.2) is 0 Å². The standard InChI is InChI=1S/C20H14O/c21-13-14-9-11-15(12-10-14)20-18-7-3-1-5-16(18)17-6-2-4-8-19(17)20/h1-13,20H. The van der Waals surface area contributed by atoms with Crippen LogP contribution in [0.15, 0.2) is 72.8 Å². The summed E-state index contributed by atoms with van der Waals surface area (Å²) >= 11 is 0. The summed E-state index contributed by atoms with van der Waals surface area (Å²) in [5.41, 5.74) is 7.28. The fraction of sp³-hybridized carbons (Fsp3) is 0.0500. The zero-order chi connectivity index (χ0) is 14.2. The normalized spacial score (nSPS) is 12.8. The molecule has 0 spiro atoms. The monoisotopic (exact) mass is 270 g/mol. The van der Waals surface area contributed by atoms with Gasteiger partial charge in [0.2, 0.25) is 0 Å². The number of hydrogen-bond acceptors (Lipinski definition) is 1. The van der Waals surface area contributed by atoms with Crippen molar-refractivity contribution in [3.05, 3.63) is 95.1 Å². The summed E-state index contributed by atoms with van der Waals surface area (Å²) in [4.78, 5) is 10.8. The maximum Gasteiger partial charge on any atom is 0.150 e. The molecule has 0 aromatic heterocycles. The van der Waals surface area contributed by atoms with Crippen molar-refractivity contribution >= 4 is 6.29 Å². The highest BCUT2D eigenvalue weighted by Crippen LogP contribution is 2.47. The molecule has 3 aromatic rings. The summed E-state index contributed by atoms with van der Waals surface area (Å²) in [6, 6.07) is 25.1. The van der Waals surface area contributed by atoms with E-state index in [0.717, 1.165) is 11.8 Å². The smallest absolute Gasteiger partial charge is 0.150 e. The van der Waals surface area contributed by atoms with E-state index in [2.05, 4.69) is 60.7 Å². The predicted octanol–water partition coefficient (Wildman–Crippen LogP) is 4.66. The van der Waals surface area contributed by atoms with E-state index in [0.29, 0.717) is 0 Å². The summed E-state index contributed by atoms with van der Waals surface area (Å²) in [5, 5.41) is 0. The SMILES string of the molecule is O=Cc1ccc(C2c3ccccc3-c3ccccc32)cc1. The van der Waals surface area contributed by atoms with Crippen LogP contribution in [0.1, 0.15) is 33.0 Å². The largest absolute Gasteiger partial charge is 0.298 e. The van der Waals surface area contributed by atoms with Gasteiger partial charge in [-0.1, -0.05) is 72.8 Å². The molecule has 4 rings (SSSR count). The number of fused-ring (bicyclic) bond motifs is 3. The molecule has 0 unspecified atom stereocenters. The van der Waals surface area contributed by atoms with E-state index in [-0.39, 0.29) is 5.92 Å². The van der Waals surface area contributed by atoms with Gasteiger partial charge in [0.05, 0.1) is 0 Å². The summed E-state index contributed by atoms with van der Waals surface area (Å²) in [6.07, 6.45) is 0.889. The average molecular weight is 270 g/mol. The van der Waals surface area contributed by atoms with Crippen molar-refractivity contribution in [3.63, 3.8) is 0 Å². The molecule has 100 valence electrons. The van der Waals surface area contributed by atoms with Crippen LogP contribution in [-0.4, -0.2) is 6.29 Å². The molecule has 0 radical (unpaired) electrons. The molecule has 21 heavy (non-hydrogen) atoms. The lowest BCUT2D eigenvalue weighted by atomic mass is 9.89. The highest BCUT2D eigenvalue weighted by molar-refractivity contribution is 5.81. The zero-order valence-electron chi connectivity index (χ0n) is 11.5. The van der Waals surface area contributed by atoms with Gasteiger partial charge in [-0.05, 0) is 27.8 Å². The Labute approximate surface area is 123 Å². The molecule has 1 nitrogen and oxygen atoms in total. The molecule has 1 aliphatic rings. The van der Waals surface area contributed by atoms with Crippen LogP contribution in [0, 0.1) is 0 Å². The number of carbonyl (C=O) groups is 1. The first kappa shape index (κ1) is 12.1. The molecule has 1 aliphatic carbocycles. The van der Waals surface area contributed by atoms with Crippen molar-refractivity contribution in [2.24, 2.45) is 0 Å². The van der Waals surface area contributed by atoms with E-state index >= 15 is 0 Å². The third-order valence-corrected chi connectivity index (χ3v) is 4.24. The van der Waals surface area contributed by atoms with Crippen molar-refractivity contribution in [1.82, 2.24) is 0 Å². The molecule has 0 saturated carbocycles. The van der Waals surface area contributed by atoms with Gasteiger partial charge in [0.1, 0.15) is 6.29 Å². The minimum Gasteiger partial charge on any atom is -0.298 e. The van der Waals surface area contributed by atoms with Crippen molar-refractivity contribution < 1.29 is 4.79 Å². The third-order valence-electron chi connectivity index (χ3n) is 4.24. The summed E-state index contributed by atoms with van der Waals surface area (Å²) < 4.78 is 0. The van der Waals surface area contributed by atoms with Crippen LogP contribution in [0.5, 0.6) is 0 Å². The zero-order valence-corrected chi connectivity index (χ0v) is 11.5. The molecule has 0 amide bonds. The first-order chi connectivity index (χ1) is 10.4. The Morgan fingerprint density at radius 2 is 1.19 bits per heavy atom. The highest BCUT2D eigenvalue weighted by atomic mass is 16.1. The Bertz CT molecular complexity index is 770. The van der Waals surface area contributed by atoms with Gasteiger partial charge in [-0.3, -0.25) is 4.79 Å². The topological polar surface area (TPSA) is 17.1 Å². The molecule has 1 heteroatoms. The summed E-state index contributed by atoms with van der Waals surface area (Å²) in [5.74, 6) is 0.262. The molecule has 0 N–H and O–H groups in total. The fourth-order valence-corrected chi connectivity index (χ4v) is 3.28. The van der Waals surface area contributed by atoms with E-state index in [1.54, 1.807) is 0 Å². The number of aldehydes is 1. The van der Waals surface area contributed by atoms with Gasteiger partial charge in [0.25, 0.3) is 0 Å². The van der Waals surface area contributed by atoms with Crippen LogP contribution in [0.2, 0.25) is 0 Å². The maximum atomic E-state index is 10.8. The maximum absolute atomic E-state index is 10.8. The predicted molar refractivity (Wildman–Crippen MR) is 84.7 cm³/mol. The quantitative estimate of drug-likeness (QED) is 0.484. The molecule has 0 bridgehead atoms. The highest BCUT2D eigenvalue weighted by Gasteiger charge is 2.28. The first-order valence-electron chi connectivity index (χ1n) is 7.12. The van der Waals surface area contributed by atoms with Gasteiger partial charge < -0.3 is 0 Å². The first-order valence-corrected chi connectivity index (χ1v) is 7.12. The molecule has 0 aliphatic heterocycles.